The van der Waals surface area contributed by atoms with Crippen molar-refractivity contribution < 1.29 is 22.3 Å². The normalized spacial score (nSPS) is 26.3. The zero-order chi connectivity index (χ0) is 18.0. The summed E-state index contributed by atoms with van der Waals surface area (Å²) in [6.45, 7) is 10.8. The van der Waals surface area contributed by atoms with E-state index >= 15 is 0 Å². The van der Waals surface area contributed by atoms with Crippen molar-refractivity contribution in [1.82, 2.24) is 0 Å². The number of hydrogen-bond donors (Lipinski definition) is 0. The smallest absolute Gasteiger partial charge is 0.340 e. The first-order valence-corrected chi connectivity index (χ1v) is 9.89. The molecule has 2 aliphatic rings. The third-order valence-electron chi connectivity index (χ3n) is 4.73. The minimum Gasteiger partial charge on any atom is -0.744 e. The second kappa shape index (κ2) is 7.23. The summed E-state index contributed by atoms with van der Waals surface area (Å²) in [5, 5.41) is 0. The Labute approximate surface area is 145 Å². The molecule has 24 heavy (non-hydrogen) atoms. The van der Waals surface area contributed by atoms with Gasteiger partial charge in [-0.1, -0.05) is 24.6 Å². The van der Waals surface area contributed by atoms with E-state index in [0.717, 1.165) is 18.5 Å². The third-order valence-corrected chi connectivity index (χ3v) is 5.58. The van der Waals surface area contributed by atoms with Gasteiger partial charge in [-0.05, 0) is 45.7 Å². The summed E-state index contributed by atoms with van der Waals surface area (Å²) in [5.74, 6) is 1.90. The van der Waals surface area contributed by atoms with E-state index in [1.807, 2.05) is 6.92 Å². The first-order chi connectivity index (χ1) is 11.1. The summed E-state index contributed by atoms with van der Waals surface area (Å²) in [7, 11) is -4.27. The fraction of sp³-hybridized carbons (Fsp3) is 0.611. The molecule has 1 aromatic carbocycles. The van der Waals surface area contributed by atoms with Gasteiger partial charge in [-0.2, -0.15) is 4.58 Å². The molecular weight excluding hydrogens is 326 g/mol. The maximum atomic E-state index is 10.4. The van der Waals surface area contributed by atoms with E-state index < -0.39 is 10.1 Å². The molecule has 0 saturated carbocycles. The molecule has 6 heteroatoms. The molecule has 0 aliphatic carbocycles. The van der Waals surface area contributed by atoms with Crippen LogP contribution < -0.4 is 0 Å². The minimum absolute atomic E-state index is 0.0912. The van der Waals surface area contributed by atoms with Gasteiger partial charge in [-0.25, -0.2) is 8.42 Å². The van der Waals surface area contributed by atoms with Crippen LogP contribution in [0.1, 0.15) is 45.6 Å². The average molecular weight is 353 g/mol. The standard InChI is InChI=1S/C11H20NO.C7H8O3S/c1-4-11(3)8-12-7-5-6-9(2)10(12)13-11;1-6-2-4-7(5-3-6)11(8,9)10/h9H,4-8H2,1-3H3;2-5H,1H3,(H,8,9,10)/q+1;/p-1. The van der Waals surface area contributed by atoms with Crippen molar-refractivity contribution in [3.8, 4) is 0 Å². The van der Waals surface area contributed by atoms with E-state index in [9.17, 15) is 13.0 Å². The summed E-state index contributed by atoms with van der Waals surface area (Å²) in [4.78, 5) is -0.178. The first-order valence-electron chi connectivity index (χ1n) is 8.48. The number of aryl methyl sites for hydroxylation is 1. The van der Waals surface area contributed by atoms with Crippen LogP contribution in [0.25, 0.3) is 0 Å². The minimum atomic E-state index is -4.27. The van der Waals surface area contributed by atoms with Gasteiger partial charge in [0.2, 0.25) is 0 Å². The summed E-state index contributed by atoms with van der Waals surface area (Å²) in [5.41, 5.74) is 1.02. The third kappa shape index (κ3) is 4.57. The molecule has 0 bridgehead atoms. The van der Waals surface area contributed by atoms with Gasteiger partial charge in [-0.15, -0.1) is 0 Å². The van der Waals surface area contributed by atoms with E-state index in [1.54, 1.807) is 12.1 Å². The van der Waals surface area contributed by atoms with E-state index in [2.05, 4.69) is 25.3 Å². The largest absolute Gasteiger partial charge is 0.744 e. The van der Waals surface area contributed by atoms with Gasteiger partial charge in [0.25, 0.3) is 0 Å². The predicted octanol–water partition coefficient (Wildman–Crippen LogP) is 2.93. The molecule has 5 nitrogen and oxygen atoms in total. The molecule has 0 N–H and O–H groups in total. The molecule has 134 valence electrons. The van der Waals surface area contributed by atoms with Gasteiger partial charge >= 0.3 is 5.90 Å². The van der Waals surface area contributed by atoms with Crippen LogP contribution in [-0.2, 0) is 14.9 Å². The van der Waals surface area contributed by atoms with Crippen molar-refractivity contribution in [1.29, 1.82) is 0 Å². The Morgan fingerprint density at radius 2 is 1.96 bits per heavy atom. The maximum Gasteiger partial charge on any atom is 0.340 e. The van der Waals surface area contributed by atoms with Gasteiger partial charge in [-0.3, -0.25) is 0 Å². The van der Waals surface area contributed by atoms with Crippen LogP contribution >= 0.6 is 0 Å². The Hall–Kier alpha value is -1.40. The highest BCUT2D eigenvalue weighted by Gasteiger charge is 2.45. The van der Waals surface area contributed by atoms with Crippen LogP contribution in [-0.4, -0.2) is 42.1 Å². The fourth-order valence-electron chi connectivity index (χ4n) is 3.03. The molecule has 0 amide bonds. The maximum absolute atomic E-state index is 10.4. The molecule has 1 aromatic rings. The molecule has 0 radical (unpaired) electrons. The molecule has 3 rings (SSSR count). The molecule has 2 aliphatic heterocycles. The number of rotatable bonds is 2. The zero-order valence-electron chi connectivity index (χ0n) is 14.9. The topological polar surface area (TPSA) is 69.4 Å². The number of benzene rings is 1. The van der Waals surface area contributed by atoms with Crippen LogP contribution in [0.3, 0.4) is 0 Å². The van der Waals surface area contributed by atoms with Crippen LogP contribution in [0.4, 0.5) is 0 Å². The van der Waals surface area contributed by atoms with E-state index in [4.69, 9.17) is 4.74 Å². The van der Waals surface area contributed by atoms with Gasteiger partial charge in [0.05, 0.1) is 10.8 Å². The Morgan fingerprint density at radius 1 is 1.33 bits per heavy atom. The summed E-state index contributed by atoms with van der Waals surface area (Å²) in [6, 6.07) is 5.78. The van der Waals surface area contributed by atoms with Gasteiger partial charge in [0.1, 0.15) is 16.7 Å². The molecule has 2 atom stereocenters. The summed E-state index contributed by atoms with van der Waals surface area (Å²) < 4.78 is 39.7. The second-order valence-corrected chi connectivity index (χ2v) is 8.36. The highest BCUT2D eigenvalue weighted by molar-refractivity contribution is 7.85. The van der Waals surface area contributed by atoms with Crippen molar-refractivity contribution in [3.05, 3.63) is 29.8 Å². The summed E-state index contributed by atoms with van der Waals surface area (Å²) >= 11 is 0. The molecule has 0 fully saturated rings. The van der Waals surface area contributed by atoms with Crippen molar-refractivity contribution >= 4 is 16.0 Å². The highest BCUT2D eigenvalue weighted by Crippen LogP contribution is 2.28. The molecule has 0 spiro atoms. The van der Waals surface area contributed by atoms with Crippen molar-refractivity contribution in [2.24, 2.45) is 5.92 Å². The lowest BCUT2D eigenvalue weighted by Crippen LogP contribution is -2.30. The number of ether oxygens (including phenoxy) is 1. The van der Waals surface area contributed by atoms with Crippen LogP contribution in [0.5, 0.6) is 0 Å². The molecular formula is C18H27NO4S. The van der Waals surface area contributed by atoms with Gasteiger partial charge < -0.3 is 9.29 Å². The quantitative estimate of drug-likeness (QED) is 0.605. The van der Waals surface area contributed by atoms with Crippen LogP contribution in [0.2, 0.25) is 0 Å². The fourth-order valence-corrected chi connectivity index (χ4v) is 3.50. The first kappa shape index (κ1) is 18.9. The van der Waals surface area contributed by atoms with Gasteiger partial charge in [0.15, 0.2) is 12.1 Å². The molecule has 2 unspecified atom stereocenters. The van der Waals surface area contributed by atoms with Crippen molar-refractivity contribution in [2.75, 3.05) is 13.1 Å². The summed E-state index contributed by atoms with van der Waals surface area (Å²) in [6.07, 6.45) is 3.74. The lowest BCUT2D eigenvalue weighted by atomic mass is 10.0. The Morgan fingerprint density at radius 3 is 2.46 bits per heavy atom. The Balaban J connectivity index is 0.000000177. The predicted molar refractivity (Wildman–Crippen MR) is 92.3 cm³/mol. The van der Waals surface area contributed by atoms with Crippen LogP contribution in [0.15, 0.2) is 29.2 Å². The zero-order valence-corrected chi connectivity index (χ0v) is 15.7. The lowest BCUT2D eigenvalue weighted by molar-refractivity contribution is -0.532. The van der Waals surface area contributed by atoms with Crippen molar-refractivity contribution in [2.45, 2.75) is 57.5 Å². The molecule has 0 saturated heterocycles. The number of nitrogens with zero attached hydrogens (tertiary/aromatic N) is 1. The number of hydrogen-bond acceptors (Lipinski definition) is 4. The Bertz CT molecular complexity index is 709. The average Bonchev–Trinajstić information content (AvgIpc) is 2.86. The second-order valence-electron chi connectivity index (χ2n) is 6.98. The van der Waals surface area contributed by atoms with E-state index in [0.29, 0.717) is 5.92 Å². The van der Waals surface area contributed by atoms with Crippen molar-refractivity contribution in [3.63, 3.8) is 0 Å². The lowest BCUT2D eigenvalue weighted by Gasteiger charge is -2.18. The molecule has 2 heterocycles. The monoisotopic (exact) mass is 353 g/mol. The van der Waals surface area contributed by atoms with E-state index in [1.165, 1.54) is 37.4 Å². The molecule has 0 aromatic heterocycles. The van der Waals surface area contributed by atoms with Crippen LogP contribution in [0, 0.1) is 12.8 Å². The van der Waals surface area contributed by atoms with Gasteiger partial charge in [0, 0.05) is 6.42 Å². The Kier molecular flexibility index (Phi) is 5.71. The highest BCUT2D eigenvalue weighted by atomic mass is 32.2. The van der Waals surface area contributed by atoms with E-state index in [-0.39, 0.29) is 10.5 Å². The SMILES string of the molecule is CCC1(C)C[N+]2=C(O1)C(C)CCC2.Cc1ccc(S(=O)(=O)[O-])cc1.